The molecule has 2 atom stereocenters. The first kappa shape index (κ1) is 26.7. The normalized spacial score (nSPS) is 20.7. The molecule has 3 aliphatic rings. The number of likely N-dealkylation sites (N-methyl/N-ethyl adjacent to an activating group) is 1. The highest BCUT2D eigenvalue weighted by Crippen LogP contribution is 2.38. The molecule has 3 heterocycles. The van der Waals surface area contributed by atoms with Gasteiger partial charge in [0.05, 0.1) is 42.6 Å². The van der Waals surface area contributed by atoms with Gasteiger partial charge in [-0.1, -0.05) is 42.5 Å². The first-order valence-corrected chi connectivity index (χ1v) is 12.9. The van der Waals surface area contributed by atoms with Gasteiger partial charge in [-0.3, -0.25) is 14.5 Å². The Morgan fingerprint density at radius 2 is 1.72 bits per heavy atom. The minimum absolute atomic E-state index is 0.0418. The number of amides is 4. The molecule has 39 heavy (non-hydrogen) atoms. The van der Waals surface area contributed by atoms with E-state index in [1.807, 2.05) is 30.3 Å². The molecule has 2 aromatic rings. The summed E-state index contributed by atoms with van der Waals surface area (Å²) in [5.41, 5.74) is 1.14. The number of ether oxygens (including phenoxy) is 1. The SMILES string of the molecule is CCN1C(=O)N[C@@H](c2ccc(C(F)(F)F)cc2)C2=C1CN([C@H](Cc1ccccc1)C(=O)N1CCOCC1)C2=O. The van der Waals surface area contributed by atoms with Crippen molar-refractivity contribution in [2.24, 2.45) is 0 Å². The molecule has 0 aliphatic carbocycles. The summed E-state index contributed by atoms with van der Waals surface area (Å²) in [6.07, 6.45) is -4.23. The zero-order valence-corrected chi connectivity index (χ0v) is 21.4. The highest BCUT2D eigenvalue weighted by Gasteiger charge is 2.47. The highest BCUT2D eigenvalue weighted by molar-refractivity contribution is 6.03. The molecule has 0 saturated carbocycles. The minimum atomic E-state index is -4.51. The van der Waals surface area contributed by atoms with Crippen LogP contribution in [0.1, 0.15) is 29.7 Å². The summed E-state index contributed by atoms with van der Waals surface area (Å²) >= 11 is 0. The molecule has 1 fully saturated rings. The molecule has 1 N–H and O–H groups in total. The topological polar surface area (TPSA) is 82.2 Å². The van der Waals surface area contributed by atoms with Crippen LogP contribution in [0.3, 0.4) is 0 Å². The van der Waals surface area contributed by atoms with Crippen molar-refractivity contribution in [3.63, 3.8) is 0 Å². The lowest BCUT2D eigenvalue weighted by atomic mass is 9.94. The van der Waals surface area contributed by atoms with Crippen LogP contribution in [0.15, 0.2) is 65.9 Å². The van der Waals surface area contributed by atoms with Gasteiger partial charge in [0.25, 0.3) is 5.91 Å². The van der Waals surface area contributed by atoms with Crippen LogP contribution in [0.25, 0.3) is 0 Å². The number of rotatable bonds is 6. The quantitative estimate of drug-likeness (QED) is 0.607. The second-order valence-corrected chi connectivity index (χ2v) is 9.68. The third-order valence-corrected chi connectivity index (χ3v) is 7.39. The van der Waals surface area contributed by atoms with Crippen molar-refractivity contribution in [1.29, 1.82) is 0 Å². The maximum absolute atomic E-state index is 14.1. The lowest BCUT2D eigenvalue weighted by Gasteiger charge is -2.35. The lowest BCUT2D eigenvalue weighted by molar-refractivity contribution is -0.145. The molecule has 4 amide bonds. The number of nitrogens with zero attached hydrogens (tertiary/aromatic N) is 3. The largest absolute Gasteiger partial charge is 0.416 e. The molecule has 0 aromatic heterocycles. The van der Waals surface area contributed by atoms with Gasteiger partial charge in [-0.25, -0.2) is 4.79 Å². The average molecular weight is 543 g/mol. The Morgan fingerprint density at radius 3 is 2.33 bits per heavy atom. The number of hydrogen-bond donors (Lipinski definition) is 1. The van der Waals surface area contributed by atoms with Crippen LogP contribution in [0.5, 0.6) is 0 Å². The van der Waals surface area contributed by atoms with E-state index >= 15 is 0 Å². The first-order valence-electron chi connectivity index (χ1n) is 12.9. The Balaban J connectivity index is 1.50. The summed E-state index contributed by atoms with van der Waals surface area (Å²) in [5, 5.41) is 2.78. The molecule has 206 valence electrons. The van der Waals surface area contributed by atoms with Crippen molar-refractivity contribution in [3.8, 4) is 0 Å². The molecule has 11 heteroatoms. The van der Waals surface area contributed by atoms with Gasteiger partial charge in [0.2, 0.25) is 5.91 Å². The zero-order valence-electron chi connectivity index (χ0n) is 21.4. The predicted octanol–water partition coefficient (Wildman–Crippen LogP) is 3.36. The van der Waals surface area contributed by atoms with E-state index in [4.69, 9.17) is 4.74 Å². The van der Waals surface area contributed by atoms with Gasteiger partial charge in [-0.05, 0) is 30.2 Å². The summed E-state index contributed by atoms with van der Waals surface area (Å²) in [7, 11) is 0. The van der Waals surface area contributed by atoms with Gasteiger partial charge >= 0.3 is 12.2 Å². The minimum Gasteiger partial charge on any atom is -0.378 e. The second kappa shape index (κ2) is 10.7. The van der Waals surface area contributed by atoms with Crippen LogP contribution in [-0.4, -0.2) is 78.0 Å². The van der Waals surface area contributed by atoms with E-state index in [-0.39, 0.29) is 31.0 Å². The Kier molecular flexibility index (Phi) is 7.35. The summed E-state index contributed by atoms with van der Waals surface area (Å²) in [5.74, 6) is -0.625. The molecule has 0 unspecified atom stereocenters. The maximum atomic E-state index is 14.1. The molecule has 0 spiro atoms. The molecule has 8 nitrogen and oxygen atoms in total. The predicted molar refractivity (Wildman–Crippen MR) is 135 cm³/mol. The maximum Gasteiger partial charge on any atom is 0.416 e. The number of morpholine rings is 1. The number of alkyl halides is 3. The number of carbonyl (C=O) groups is 3. The number of hydrogen-bond acceptors (Lipinski definition) is 4. The Bertz CT molecular complexity index is 1270. The van der Waals surface area contributed by atoms with Crippen LogP contribution < -0.4 is 5.32 Å². The smallest absolute Gasteiger partial charge is 0.378 e. The van der Waals surface area contributed by atoms with E-state index in [1.54, 1.807) is 11.8 Å². The average Bonchev–Trinajstić information content (AvgIpc) is 3.28. The molecule has 1 saturated heterocycles. The van der Waals surface area contributed by atoms with Gasteiger partial charge in [-0.15, -0.1) is 0 Å². The van der Waals surface area contributed by atoms with E-state index in [2.05, 4.69) is 5.32 Å². The summed E-state index contributed by atoms with van der Waals surface area (Å²) < 4.78 is 44.9. The van der Waals surface area contributed by atoms with Crippen molar-refractivity contribution in [2.45, 2.75) is 31.6 Å². The second-order valence-electron chi connectivity index (χ2n) is 9.68. The van der Waals surface area contributed by atoms with E-state index in [9.17, 15) is 27.6 Å². The van der Waals surface area contributed by atoms with E-state index in [1.165, 1.54) is 21.9 Å². The van der Waals surface area contributed by atoms with Gasteiger partial charge in [0.15, 0.2) is 0 Å². The zero-order chi connectivity index (χ0) is 27.7. The van der Waals surface area contributed by atoms with Gasteiger partial charge in [0.1, 0.15) is 6.04 Å². The van der Waals surface area contributed by atoms with Crippen LogP contribution in [0.2, 0.25) is 0 Å². The van der Waals surface area contributed by atoms with Crippen molar-refractivity contribution in [3.05, 3.63) is 82.6 Å². The van der Waals surface area contributed by atoms with Crippen molar-refractivity contribution in [1.82, 2.24) is 20.0 Å². The Morgan fingerprint density at radius 1 is 1.05 bits per heavy atom. The number of benzene rings is 2. The van der Waals surface area contributed by atoms with Crippen LogP contribution in [0.4, 0.5) is 18.0 Å². The fourth-order valence-corrected chi connectivity index (χ4v) is 5.38. The summed E-state index contributed by atoms with van der Waals surface area (Å²) in [4.78, 5) is 45.5. The Hall–Kier alpha value is -3.86. The van der Waals surface area contributed by atoms with Crippen molar-refractivity contribution < 1.29 is 32.3 Å². The van der Waals surface area contributed by atoms with E-state index in [0.717, 1.165) is 17.7 Å². The molecular formula is C28H29F3N4O4. The fourth-order valence-electron chi connectivity index (χ4n) is 5.38. The van der Waals surface area contributed by atoms with E-state index < -0.39 is 35.8 Å². The third kappa shape index (κ3) is 5.23. The molecule has 0 bridgehead atoms. The fraction of sp³-hybridized carbons (Fsp3) is 0.393. The van der Waals surface area contributed by atoms with Crippen LogP contribution >= 0.6 is 0 Å². The third-order valence-electron chi connectivity index (χ3n) is 7.39. The lowest BCUT2D eigenvalue weighted by Crippen LogP contribution is -2.53. The number of halogens is 3. The van der Waals surface area contributed by atoms with Crippen molar-refractivity contribution >= 4 is 17.8 Å². The first-order chi connectivity index (χ1) is 18.7. The van der Waals surface area contributed by atoms with Crippen molar-refractivity contribution in [2.75, 3.05) is 39.4 Å². The molecule has 5 rings (SSSR count). The number of carbonyl (C=O) groups excluding carboxylic acids is 3. The summed E-state index contributed by atoms with van der Waals surface area (Å²) in [6, 6.07) is 11.6. The number of urea groups is 1. The Labute approximate surface area is 224 Å². The molecule has 0 radical (unpaired) electrons. The monoisotopic (exact) mass is 542 g/mol. The number of nitrogens with one attached hydrogen (secondary N) is 1. The molecule has 3 aliphatic heterocycles. The van der Waals surface area contributed by atoms with Crippen LogP contribution in [0, 0.1) is 0 Å². The molecular weight excluding hydrogens is 513 g/mol. The standard InChI is InChI=1S/C28H29F3N4O4/c1-2-34-22-17-35(21(16-18-6-4-3-5-7-18)25(36)33-12-14-39-15-13-33)26(37)23(22)24(32-27(34)38)19-8-10-20(11-9-19)28(29,30)31/h3-11,21,24H,2,12-17H2,1H3,(H,32,38)/t21-,24+/m1/s1. The highest BCUT2D eigenvalue weighted by atomic mass is 19.4. The van der Waals surface area contributed by atoms with E-state index in [0.29, 0.717) is 37.6 Å². The van der Waals surface area contributed by atoms with Gasteiger partial charge in [0, 0.05) is 26.1 Å². The summed E-state index contributed by atoms with van der Waals surface area (Å²) in [6.45, 7) is 3.74. The van der Waals surface area contributed by atoms with Gasteiger partial charge < -0.3 is 19.9 Å². The molecule has 2 aromatic carbocycles. The van der Waals surface area contributed by atoms with Gasteiger partial charge in [-0.2, -0.15) is 13.2 Å². The van der Waals surface area contributed by atoms with Crippen LogP contribution in [-0.2, 0) is 26.9 Å².